The summed E-state index contributed by atoms with van der Waals surface area (Å²) in [4.78, 5) is 2.56. The van der Waals surface area contributed by atoms with Gasteiger partial charge in [0.1, 0.15) is 0 Å². The predicted molar refractivity (Wildman–Crippen MR) is 76.6 cm³/mol. The van der Waals surface area contributed by atoms with Crippen molar-refractivity contribution in [1.29, 1.82) is 0 Å². The van der Waals surface area contributed by atoms with Crippen molar-refractivity contribution in [2.45, 2.75) is 70.6 Å². The Labute approximate surface area is 118 Å². The lowest BCUT2D eigenvalue weighted by Gasteiger charge is -2.41. The average molecular weight is 284 g/mol. The quantitative estimate of drug-likeness (QED) is 0.642. The number of alkyl halides is 2. The molecule has 0 amide bonds. The first kappa shape index (κ1) is 13.5. The van der Waals surface area contributed by atoms with Crippen molar-refractivity contribution in [2.75, 3.05) is 0 Å². The minimum Gasteiger partial charge on any atom is -0.206 e. The maximum Gasteiger partial charge on any atom is 0.255 e. The third-order valence-electron chi connectivity index (χ3n) is 4.52. The van der Waals surface area contributed by atoms with E-state index in [0.29, 0.717) is 5.92 Å². The second-order valence-electron chi connectivity index (χ2n) is 7.50. The Kier molecular flexibility index (Phi) is 2.71. The Balaban J connectivity index is 2.17. The van der Waals surface area contributed by atoms with Gasteiger partial charge in [-0.25, -0.2) is 8.78 Å². The predicted octanol–water partition coefficient (Wildman–Crippen LogP) is 5.46. The molecule has 2 atom stereocenters. The fraction of sp³-hybridized carbons (Fsp3) is 0.750. The van der Waals surface area contributed by atoms with E-state index in [4.69, 9.17) is 0 Å². The molecule has 106 valence electrons. The highest BCUT2D eigenvalue weighted by atomic mass is 32.1. The van der Waals surface area contributed by atoms with Gasteiger partial charge in [-0.05, 0) is 34.8 Å². The van der Waals surface area contributed by atoms with Gasteiger partial charge in [0.25, 0.3) is 5.92 Å². The number of hydrogen-bond donors (Lipinski definition) is 0. The first-order valence-corrected chi connectivity index (χ1v) is 7.98. The molecule has 3 rings (SSSR count). The molecule has 1 saturated carbocycles. The Morgan fingerprint density at radius 2 is 1.89 bits per heavy atom. The average Bonchev–Trinajstić information content (AvgIpc) is 2.67. The number of thiophene rings is 1. The van der Waals surface area contributed by atoms with Crippen LogP contribution in [0.25, 0.3) is 0 Å². The summed E-state index contributed by atoms with van der Waals surface area (Å²) in [6.07, 6.45) is 0.976. The molecule has 2 aliphatic carbocycles. The first-order valence-electron chi connectivity index (χ1n) is 7.16. The Morgan fingerprint density at radius 1 is 1.26 bits per heavy atom. The van der Waals surface area contributed by atoms with Crippen LogP contribution >= 0.6 is 11.3 Å². The molecule has 0 N–H and O–H groups in total. The minimum atomic E-state index is -2.46. The van der Waals surface area contributed by atoms with Crippen LogP contribution in [0.4, 0.5) is 8.78 Å². The van der Waals surface area contributed by atoms with Gasteiger partial charge in [-0.15, -0.1) is 11.3 Å². The first-order chi connectivity index (χ1) is 8.63. The fourth-order valence-corrected chi connectivity index (χ4v) is 5.19. The fourth-order valence-electron chi connectivity index (χ4n) is 3.75. The summed E-state index contributed by atoms with van der Waals surface area (Å²) in [6, 6.07) is 0. The van der Waals surface area contributed by atoms with Crippen LogP contribution in [0.5, 0.6) is 0 Å². The molecule has 2 aliphatic rings. The van der Waals surface area contributed by atoms with Crippen LogP contribution in [0.15, 0.2) is 0 Å². The van der Waals surface area contributed by atoms with Crippen LogP contribution < -0.4 is 0 Å². The lowest BCUT2D eigenvalue weighted by molar-refractivity contribution is -0.129. The van der Waals surface area contributed by atoms with Crippen LogP contribution in [0.1, 0.15) is 73.8 Å². The van der Waals surface area contributed by atoms with E-state index in [1.807, 2.05) is 0 Å². The second-order valence-corrected chi connectivity index (χ2v) is 8.55. The monoisotopic (exact) mass is 284 g/mol. The van der Waals surface area contributed by atoms with Crippen LogP contribution in [0, 0.1) is 5.92 Å². The SMILES string of the molecule is CC(C)c1sc(C(C)(C)C)c2c1C1C(C2)CC1(F)F. The van der Waals surface area contributed by atoms with E-state index in [-0.39, 0.29) is 17.8 Å². The highest BCUT2D eigenvalue weighted by molar-refractivity contribution is 7.12. The van der Waals surface area contributed by atoms with E-state index in [1.54, 1.807) is 11.3 Å². The van der Waals surface area contributed by atoms with Gasteiger partial charge >= 0.3 is 0 Å². The van der Waals surface area contributed by atoms with Crippen molar-refractivity contribution in [3.05, 3.63) is 20.9 Å². The molecular formula is C16H22F2S. The number of halogens is 2. The Bertz CT molecular complexity index is 520. The number of hydrogen-bond acceptors (Lipinski definition) is 1. The Morgan fingerprint density at radius 3 is 2.37 bits per heavy atom. The topological polar surface area (TPSA) is 0 Å². The van der Waals surface area contributed by atoms with Crippen LogP contribution in [0.3, 0.4) is 0 Å². The van der Waals surface area contributed by atoms with E-state index in [9.17, 15) is 8.78 Å². The molecule has 1 aromatic rings. The van der Waals surface area contributed by atoms with Gasteiger partial charge in [0.2, 0.25) is 0 Å². The lowest BCUT2D eigenvalue weighted by Crippen LogP contribution is -2.43. The largest absolute Gasteiger partial charge is 0.255 e. The highest BCUT2D eigenvalue weighted by Gasteiger charge is 2.61. The summed E-state index contributed by atoms with van der Waals surface area (Å²) in [5.74, 6) is -2.39. The van der Waals surface area contributed by atoms with E-state index in [1.165, 1.54) is 15.3 Å². The van der Waals surface area contributed by atoms with Gasteiger partial charge in [0, 0.05) is 16.2 Å². The maximum absolute atomic E-state index is 13.9. The van der Waals surface area contributed by atoms with Gasteiger partial charge in [0.05, 0.1) is 5.92 Å². The Hall–Kier alpha value is -0.440. The van der Waals surface area contributed by atoms with Crippen molar-refractivity contribution in [1.82, 2.24) is 0 Å². The molecule has 0 spiro atoms. The zero-order valence-corrected chi connectivity index (χ0v) is 13.1. The van der Waals surface area contributed by atoms with Gasteiger partial charge in [-0.3, -0.25) is 0 Å². The summed E-state index contributed by atoms with van der Waals surface area (Å²) in [5.41, 5.74) is 2.38. The van der Waals surface area contributed by atoms with Crippen molar-refractivity contribution >= 4 is 11.3 Å². The molecule has 19 heavy (non-hydrogen) atoms. The summed E-state index contributed by atoms with van der Waals surface area (Å²) < 4.78 is 27.9. The molecule has 0 radical (unpaired) electrons. The summed E-state index contributed by atoms with van der Waals surface area (Å²) in [7, 11) is 0. The molecule has 1 fully saturated rings. The van der Waals surface area contributed by atoms with Crippen molar-refractivity contribution in [3.63, 3.8) is 0 Å². The standard InChI is InChI=1S/C16H22F2S/c1-8(2)13-11-10(14(19-13)15(3,4)5)6-9-7-16(17,18)12(9)11/h8-9,12H,6-7H2,1-5H3. The molecule has 0 aliphatic heterocycles. The molecular weight excluding hydrogens is 262 g/mol. The molecule has 0 aromatic carbocycles. The molecule has 0 nitrogen and oxygen atoms in total. The molecule has 1 aromatic heterocycles. The van der Waals surface area contributed by atoms with E-state index in [0.717, 1.165) is 12.0 Å². The van der Waals surface area contributed by atoms with Gasteiger partial charge in [-0.1, -0.05) is 34.6 Å². The van der Waals surface area contributed by atoms with E-state index >= 15 is 0 Å². The molecule has 0 bridgehead atoms. The van der Waals surface area contributed by atoms with E-state index in [2.05, 4.69) is 34.6 Å². The van der Waals surface area contributed by atoms with Gasteiger partial charge < -0.3 is 0 Å². The third kappa shape index (κ3) is 1.80. The normalized spacial score (nSPS) is 28.2. The van der Waals surface area contributed by atoms with E-state index < -0.39 is 11.8 Å². The number of fused-ring (bicyclic) bond motifs is 3. The van der Waals surface area contributed by atoms with Crippen molar-refractivity contribution in [3.8, 4) is 0 Å². The van der Waals surface area contributed by atoms with Crippen molar-refractivity contribution < 1.29 is 8.78 Å². The third-order valence-corrected chi connectivity index (χ3v) is 6.49. The van der Waals surface area contributed by atoms with Crippen LogP contribution in [0.2, 0.25) is 0 Å². The zero-order chi connectivity index (χ0) is 14.2. The summed E-state index contributed by atoms with van der Waals surface area (Å²) in [5, 5.41) is 0. The minimum absolute atomic E-state index is 0.0704. The highest BCUT2D eigenvalue weighted by Crippen LogP contribution is 2.64. The molecule has 1 heterocycles. The van der Waals surface area contributed by atoms with Crippen LogP contribution in [-0.4, -0.2) is 5.92 Å². The van der Waals surface area contributed by atoms with Gasteiger partial charge in [-0.2, -0.15) is 0 Å². The zero-order valence-electron chi connectivity index (χ0n) is 12.3. The van der Waals surface area contributed by atoms with Gasteiger partial charge in [0.15, 0.2) is 0 Å². The molecule has 3 heteroatoms. The lowest BCUT2D eigenvalue weighted by atomic mass is 9.70. The second kappa shape index (κ2) is 3.81. The summed E-state index contributed by atoms with van der Waals surface area (Å²) >= 11 is 1.78. The smallest absolute Gasteiger partial charge is 0.206 e. The van der Waals surface area contributed by atoms with Crippen molar-refractivity contribution in [2.24, 2.45) is 5.92 Å². The maximum atomic E-state index is 13.9. The molecule has 0 saturated heterocycles. The molecule has 2 unspecified atom stereocenters. The summed E-state index contributed by atoms with van der Waals surface area (Å²) in [6.45, 7) is 10.8. The number of rotatable bonds is 1. The van der Waals surface area contributed by atoms with Crippen LogP contribution in [-0.2, 0) is 11.8 Å².